The Kier molecular flexibility index (Phi) is 2.56. The maximum atomic E-state index is 8.08. The van der Waals surface area contributed by atoms with Crippen molar-refractivity contribution in [2.75, 3.05) is 0 Å². The molecular formula is C4H3N7O. The SMILES string of the molecule is [N-]=[N+]=NC(N=[N+]=[N-])c1ccon1. The normalized spacial score (nSPS) is 11.0. The highest BCUT2D eigenvalue weighted by atomic mass is 16.5. The molecule has 0 bridgehead atoms. The first-order valence-electron chi connectivity index (χ1n) is 2.87. The molecule has 0 amide bonds. The van der Waals surface area contributed by atoms with Crippen molar-refractivity contribution in [2.45, 2.75) is 6.17 Å². The van der Waals surface area contributed by atoms with Crippen molar-refractivity contribution in [3.63, 3.8) is 0 Å². The van der Waals surface area contributed by atoms with Gasteiger partial charge >= 0.3 is 0 Å². The Labute approximate surface area is 66.0 Å². The van der Waals surface area contributed by atoms with Gasteiger partial charge in [0.2, 0.25) is 0 Å². The fourth-order valence-electron chi connectivity index (χ4n) is 0.594. The Morgan fingerprint density at radius 3 is 2.50 bits per heavy atom. The smallest absolute Gasteiger partial charge is 0.161 e. The predicted molar refractivity (Wildman–Crippen MR) is 37.5 cm³/mol. The van der Waals surface area contributed by atoms with Crippen LogP contribution in [0.5, 0.6) is 0 Å². The maximum Gasteiger partial charge on any atom is 0.161 e. The number of azide groups is 1. The molecule has 1 aromatic rings. The molecule has 0 aromatic carbocycles. The van der Waals surface area contributed by atoms with Crippen LogP contribution in [0, 0.1) is 0 Å². The van der Waals surface area contributed by atoms with Crippen LogP contribution in [0.15, 0.2) is 27.1 Å². The second-order valence-corrected chi connectivity index (χ2v) is 1.71. The third-order valence-electron chi connectivity index (χ3n) is 1.04. The van der Waals surface area contributed by atoms with E-state index in [1.807, 2.05) is 0 Å². The van der Waals surface area contributed by atoms with Gasteiger partial charge in [-0.1, -0.05) is 15.4 Å². The number of nitrogens with zero attached hydrogens (tertiary/aromatic N) is 7. The van der Waals surface area contributed by atoms with Crippen LogP contribution >= 0.6 is 0 Å². The summed E-state index contributed by atoms with van der Waals surface area (Å²) in [6.07, 6.45) is 0.320. The van der Waals surface area contributed by atoms with Crippen LogP contribution in [0.2, 0.25) is 0 Å². The van der Waals surface area contributed by atoms with Crippen molar-refractivity contribution in [1.82, 2.24) is 5.16 Å². The summed E-state index contributed by atoms with van der Waals surface area (Å²) in [6, 6.07) is 1.45. The molecule has 0 aliphatic heterocycles. The Hall–Kier alpha value is -2.17. The molecule has 0 saturated carbocycles. The molecule has 0 atom stereocenters. The van der Waals surface area contributed by atoms with Crippen LogP contribution in [0.3, 0.4) is 0 Å². The zero-order valence-corrected chi connectivity index (χ0v) is 5.77. The fraction of sp³-hybridized carbons (Fsp3) is 0.250. The molecule has 60 valence electrons. The lowest BCUT2D eigenvalue weighted by atomic mass is 10.4. The minimum absolute atomic E-state index is 0.283. The standard InChI is InChI=1S/C4H3N7O/c5-10-7-4(8-11-6)3-1-2-12-9-3/h1-2,4H. The molecule has 1 rings (SSSR count). The first-order chi connectivity index (χ1) is 5.88. The van der Waals surface area contributed by atoms with Gasteiger partial charge in [-0.25, -0.2) is 0 Å². The van der Waals surface area contributed by atoms with Crippen molar-refractivity contribution in [3.8, 4) is 0 Å². The van der Waals surface area contributed by atoms with Gasteiger partial charge in [-0.2, -0.15) is 0 Å². The molecule has 0 radical (unpaired) electrons. The lowest BCUT2D eigenvalue weighted by Gasteiger charge is -1.94. The molecule has 0 aliphatic carbocycles. The summed E-state index contributed by atoms with van der Waals surface area (Å²) in [4.78, 5) is 4.98. The van der Waals surface area contributed by atoms with Crippen LogP contribution in [0.25, 0.3) is 20.9 Å². The van der Waals surface area contributed by atoms with Crippen LogP contribution in [0.4, 0.5) is 0 Å². The third kappa shape index (κ3) is 1.66. The van der Waals surface area contributed by atoms with Gasteiger partial charge in [-0.15, -0.1) is 0 Å². The van der Waals surface area contributed by atoms with E-state index in [1.165, 1.54) is 12.3 Å². The van der Waals surface area contributed by atoms with E-state index in [2.05, 4.69) is 29.7 Å². The van der Waals surface area contributed by atoms with Gasteiger partial charge in [-0.3, -0.25) is 0 Å². The first kappa shape index (κ1) is 7.93. The molecule has 12 heavy (non-hydrogen) atoms. The van der Waals surface area contributed by atoms with Crippen LogP contribution in [0.1, 0.15) is 11.9 Å². The Morgan fingerprint density at radius 1 is 1.42 bits per heavy atom. The molecule has 1 heterocycles. The average Bonchev–Trinajstić information content (AvgIpc) is 2.56. The van der Waals surface area contributed by atoms with Crippen molar-refractivity contribution < 1.29 is 4.52 Å². The molecule has 1 aromatic heterocycles. The van der Waals surface area contributed by atoms with Crippen molar-refractivity contribution in [3.05, 3.63) is 38.9 Å². The summed E-state index contributed by atoms with van der Waals surface area (Å²) in [7, 11) is 0. The molecular weight excluding hydrogens is 162 g/mol. The lowest BCUT2D eigenvalue weighted by Crippen LogP contribution is -1.87. The Morgan fingerprint density at radius 2 is 2.08 bits per heavy atom. The van der Waals surface area contributed by atoms with Crippen LogP contribution in [-0.2, 0) is 0 Å². The van der Waals surface area contributed by atoms with Gasteiger partial charge < -0.3 is 4.52 Å². The highest BCUT2D eigenvalue weighted by molar-refractivity contribution is 5.01. The zero-order chi connectivity index (χ0) is 8.81. The summed E-state index contributed by atoms with van der Waals surface area (Å²) < 4.78 is 4.47. The molecule has 0 fully saturated rings. The fourth-order valence-corrected chi connectivity index (χ4v) is 0.594. The molecule has 0 N–H and O–H groups in total. The quantitative estimate of drug-likeness (QED) is 0.387. The topological polar surface area (TPSA) is 124 Å². The largest absolute Gasteiger partial charge is 0.365 e. The van der Waals surface area contributed by atoms with E-state index in [1.54, 1.807) is 0 Å². The maximum absolute atomic E-state index is 8.08. The lowest BCUT2D eigenvalue weighted by molar-refractivity contribution is 0.406. The van der Waals surface area contributed by atoms with E-state index in [-0.39, 0.29) is 5.69 Å². The van der Waals surface area contributed by atoms with E-state index in [0.29, 0.717) is 0 Å². The average molecular weight is 165 g/mol. The van der Waals surface area contributed by atoms with Gasteiger partial charge in [0.15, 0.2) is 6.17 Å². The van der Waals surface area contributed by atoms with E-state index < -0.39 is 6.17 Å². The Balaban J connectivity index is 2.94. The zero-order valence-electron chi connectivity index (χ0n) is 5.77. The summed E-state index contributed by atoms with van der Waals surface area (Å²) in [5.41, 5.74) is 16.4. The monoisotopic (exact) mass is 165 g/mol. The van der Waals surface area contributed by atoms with E-state index in [4.69, 9.17) is 11.1 Å². The highest BCUT2D eigenvalue weighted by Crippen LogP contribution is 2.16. The summed E-state index contributed by atoms with van der Waals surface area (Å²) in [5, 5.41) is 9.84. The second-order valence-electron chi connectivity index (χ2n) is 1.71. The van der Waals surface area contributed by atoms with Crippen molar-refractivity contribution >= 4 is 0 Å². The van der Waals surface area contributed by atoms with E-state index >= 15 is 0 Å². The van der Waals surface area contributed by atoms with E-state index in [9.17, 15) is 0 Å². The Bertz CT molecular complexity index is 312. The molecule has 0 unspecified atom stereocenters. The van der Waals surface area contributed by atoms with Gasteiger partial charge in [0, 0.05) is 15.9 Å². The summed E-state index contributed by atoms with van der Waals surface area (Å²) >= 11 is 0. The molecule has 0 spiro atoms. The molecule has 0 aliphatic rings. The van der Waals surface area contributed by atoms with Crippen molar-refractivity contribution in [1.29, 1.82) is 0 Å². The van der Waals surface area contributed by atoms with E-state index in [0.717, 1.165) is 0 Å². The second kappa shape index (κ2) is 3.87. The number of aromatic nitrogens is 1. The predicted octanol–water partition coefficient (Wildman–Crippen LogP) is 2.29. The van der Waals surface area contributed by atoms with Crippen LogP contribution in [-0.4, -0.2) is 5.16 Å². The highest BCUT2D eigenvalue weighted by Gasteiger charge is 2.09. The molecule has 0 saturated heterocycles. The van der Waals surface area contributed by atoms with Crippen LogP contribution < -0.4 is 0 Å². The number of rotatable bonds is 3. The number of hydrogen-bond acceptors (Lipinski definition) is 4. The summed E-state index contributed by atoms with van der Waals surface area (Å²) in [6.45, 7) is 0. The van der Waals surface area contributed by atoms with Gasteiger partial charge in [0.25, 0.3) is 0 Å². The van der Waals surface area contributed by atoms with Gasteiger partial charge in [0.1, 0.15) is 6.26 Å². The van der Waals surface area contributed by atoms with Gasteiger partial charge in [0.05, 0.1) is 5.69 Å². The first-order valence-corrected chi connectivity index (χ1v) is 2.87. The molecule has 8 heteroatoms. The summed E-state index contributed by atoms with van der Waals surface area (Å²) in [5.74, 6) is 0. The minimum atomic E-state index is -0.973. The number of hydrogen-bond donors (Lipinski definition) is 0. The van der Waals surface area contributed by atoms with Gasteiger partial charge in [-0.05, 0) is 11.1 Å². The molecule has 8 nitrogen and oxygen atoms in total. The third-order valence-corrected chi connectivity index (χ3v) is 1.04. The minimum Gasteiger partial charge on any atom is -0.365 e. The van der Waals surface area contributed by atoms with Crippen molar-refractivity contribution in [2.24, 2.45) is 10.2 Å².